The predicted octanol–water partition coefficient (Wildman–Crippen LogP) is -0.183. The number of carbonyl (C=O) groups is 2. The quantitative estimate of drug-likeness (QED) is 0.656. The standard InChI is InChI=1S/C12H22N2O6S/c1-12(2,11(16)17)8-13-21(18,19)14-6-4-9(5-7-14)10(15)20-3/h9,13H,4-8H2,1-3H3,(H,16,17). The molecule has 1 saturated heterocycles. The average molecular weight is 322 g/mol. The Hall–Kier alpha value is -1.19. The summed E-state index contributed by atoms with van der Waals surface area (Å²) in [5.74, 6) is -1.68. The van der Waals surface area contributed by atoms with Crippen molar-refractivity contribution in [3.63, 3.8) is 0 Å². The average Bonchev–Trinajstić information content (AvgIpc) is 2.44. The van der Waals surface area contributed by atoms with Crippen molar-refractivity contribution in [1.29, 1.82) is 0 Å². The van der Waals surface area contributed by atoms with Crippen LogP contribution in [-0.2, 0) is 24.5 Å². The zero-order chi connectivity index (χ0) is 16.3. The molecule has 0 bridgehead atoms. The Morgan fingerprint density at radius 2 is 1.86 bits per heavy atom. The number of carboxylic acid groups (broad SMARTS) is 1. The van der Waals surface area contributed by atoms with Crippen molar-refractivity contribution in [2.75, 3.05) is 26.7 Å². The summed E-state index contributed by atoms with van der Waals surface area (Å²) in [5.41, 5.74) is -1.18. The number of carbonyl (C=O) groups excluding carboxylic acids is 1. The number of rotatable bonds is 6. The van der Waals surface area contributed by atoms with Crippen LogP contribution in [0.2, 0.25) is 0 Å². The van der Waals surface area contributed by atoms with Gasteiger partial charge in [0.1, 0.15) is 0 Å². The van der Waals surface area contributed by atoms with E-state index in [1.54, 1.807) is 0 Å². The lowest BCUT2D eigenvalue weighted by Gasteiger charge is -2.30. The Kier molecular flexibility index (Phi) is 5.71. The third-order valence-corrected chi connectivity index (χ3v) is 5.16. The number of nitrogens with zero attached hydrogens (tertiary/aromatic N) is 1. The summed E-state index contributed by atoms with van der Waals surface area (Å²) in [6, 6.07) is 0. The molecule has 0 aromatic heterocycles. The molecule has 9 heteroatoms. The van der Waals surface area contributed by atoms with E-state index >= 15 is 0 Å². The second-order valence-corrected chi connectivity index (χ2v) is 7.47. The summed E-state index contributed by atoms with van der Waals surface area (Å²) >= 11 is 0. The molecule has 8 nitrogen and oxygen atoms in total. The van der Waals surface area contributed by atoms with E-state index in [1.807, 2.05) is 0 Å². The maximum atomic E-state index is 12.1. The fourth-order valence-corrected chi connectivity index (χ4v) is 3.35. The Bertz CT molecular complexity index is 494. The molecule has 0 aromatic carbocycles. The smallest absolute Gasteiger partial charge is 0.310 e. The van der Waals surface area contributed by atoms with Crippen LogP contribution in [0.25, 0.3) is 0 Å². The normalized spacial score (nSPS) is 18.4. The second-order valence-electron chi connectivity index (χ2n) is 5.71. The minimum atomic E-state index is -3.74. The highest BCUT2D eigenvalue weighted by Gasteiger charge is 2.34. The van der Waals surface area contributed by atoms with Crippen molar-refractivity contribution in [2.45, 2.75) is 26.7 Å². The van der Waals surface area contributed by atoms with Gasteiger partial charge in [-0.2, -0.15) is 12.7 Å². The van der Waals surface area contributed by atoms with Crippen LogP contribution in [0.3, 0.4) is 0 Å². The third kappa shape index (κ3) is 4.65. The molecule has 1 aliphatic rings. The van der Waals surface area contributed by atoms with Crippen molar-refractivity contribution in [3.8, 4) is 0 Å². The minimum absolute atomic E-state index is 0.193. The summed E-state index contributed by atoms with van der Waals surface area (Å²) in [4.78, 5) is 22.3. The first-order valence-corrected chi connectivity index (χ1v) is 8.10. The van der Waals surface area contributed by atoms with Gasteiger partial charge < -0.3 is 9.84 Å². The number of aliphatic carboxylic acids is 1. The maximum Gasteiger partial charge on any atom is 0.310 e. The second kappa shape index (κ2) is 6.71. The number of ether oxygens (including phenoxy) is 1. The van der Waals surface area contributed by atoms with Gasteiger partial charge in [0.05, 0.1) is 18.4 Å². The Morgan fingerprint density at radius 3 is 2.29 bits per heavy atom. The van der Waals surface area contributed by atoms with Gasteiger partial charge in [-0.15, -0.1) is 0 Å². The summed E-state index contributed by atoms with van der Waals surface area (Å²) in [7, 11) is -2.43. The van der Waals surface area contributed by atoms with Crippen LogP contribution in [0.1, 0.15) is 26.7 Å². The van der Waals surface area contributed by atoms with E-state index in [1.165, 1.54) is 25.3 Å². The molecule has 0 saturated carbocycles. The SMILES string of the molecule is COC(=O)C1CCN(S(=O)(=O)NCC(C)(C)C(=O)O)CC1. The zero-order valence-corrected chi connectivity index (χ0v) is 13.3. The number of piperidine rings is 1. The summed E-state index contributed by atoms with van der Waals surface area (Å²) in [6.07, 6.45) is 0.797. The van der Waals surface area contributed by atoms with Gasteiger partial charge in [-0.25, -0.2) is 4.72 Å². The van der Waals surface area contributed by atoms with E-state index in [-0.39, 0.29) is 31.5 Å². The first-order chi connectivity index (χ1) is 9.60. The van der Waals surface area contributed by atoms with Crippen LogP contribution >= 0.6 is 0 Å². The molecule has 1 aliphatic heterocycles. The molecule has 2 N–H and O–H groups in total. The molecule has 0 radical (unpaired) electrons. The van der Waals surface area contributed by atoms with Crippen LogP contribution in [0.4, 0.5) is 0 Å². The van der Waals surface area contributed by atoms with E-state index < -0.39 is 21.6 Å². The molecule has 1 rings (SSSR count). The fraction of sp³-hybridized carbons (Fsp3) is 0.833. The van der Waals surface area contributed by atoms with Gasteiger partial charge in [-0.05, 0) is 26.7 Å². The van der Waals surface area contributed by atoms with Crippen LogP contribution in [-0.4, -0.2) is 56.5 Å². The van der Waals surface area contributed by atoms with Gasteiger partial charge in [0.2, 0.25) is 0 Å². The van der Waals surface area contributed by atoms with E-state index in [9.17, 15) is 18.0 Å². The topological polar surface area (TPSA) is 113 Å². The maximum absolute atomic E-state index is 12.1. The molecule has 0 aliphatic carbocycles. The van der Waals surface area contributed by atoms with Crippen molar-refractivity contribution < 1.29 is 27.9 Å². The van der Waals surface area contributed by atoms with Crippen LogP contribution in [0.15, 0.2) is 0 Å². The molecule has 1 heterocycles. The van der Waals surface area contributed by atoms with Gasteiger partial charge in [0.15, 0.2) is 0 Å². The number of methoxy groups -OCH3 is 1. The van der Waals surface area contributed by atoms with Gasteiger partial charge in [-0.3, -0.25) is 9.59 Å². The number of nitrogens with one attached hydrogen (secondary N) is 1. The van der Waals surface area contributed by atoms with Gasteiger partial charge in [-0.1, -0.05) is 0 Å². The number of hydrogen-bond donors (Lipinski definition) is 2. The lowest BCUT2D eigenvalue weighted by atomic mass is 9.95. The number of carboxylic acids is 1. The lowest BCUT2D eigenvalue weighted by Crippen LogP contribution is -2.49. The largest absolute Gasteiger partial charge is 0.481 e. The predicted molar refractivity (Wildman–Crippen MR) is 74.7 cm³/mol. The highest BCUT2D eigenvalue weighted by Crippen LogP contribution is 2.21. The molecular weight excluding hydrogens is 300 g/mol. The molecule has 0 atom stereocenters. The van der Waals surface area contributed by atoms with E-state index in [4.69, 9.17) is 5.11 Å². The highest BCUT2D eigenvalue weighted by atomic mass is 32.2. The van der Waals surface area contributed by atoms with Crippen molar-refractivity contribution in [3.05, 3.63) is 0 Å². The van der Waals surface area contributed by atoms with Crippen molar-refractivity contribution in [2.24, 2.45) is 11.3 Å². The van der Waals surface area contributed by atoms with E-state index in [0.717, 1.165) is 0 Å². The minimum Gasteiger partial charge on any atom is -0.481 e. The molecular formula is C12H22N2O6S. The molecule has 21 heavy (non-hydrogen) atoms. The summed E-state index contributed by atoms with van der Waals surface area (Å²) in [5, 5.41) is 8.97. The molecule has 0 unspecified atom stereocenters. The first-order valence-electron chi connectivity index (χ1n) is 6.66. The Balaban J connectivity index is 2.58. The van der Waals surface area contributed by atoms with Crippen LogP contribution in [0, 0.1) is 11.3 Å². The van der Waals surface area contributed by atoms with Crippen molar-refractivity contribution >= 4 is 22.1 Å². The molecule has 0 amide bonds. The molecule has 122 valence electrons. The van der Waals surface area contributed by atoms with Gasteiger partial charge >= 0.3 is 11.9 Å². The van der Waals surface area contributed by atoms with Crippen LogP contribution < -0.4 is 4.72 Å². The molecule has 1 fully saturated rings. The Labute approximate surface area is 124 Å². The van der Waals surface area contributed by atoms with Crippen LogP contribution in [0.5, 0.6) is 0 Å². The monoisotopic (exact) mass is 322 g/mol. The summed E-state index contributed by atoms with van der Waals surface area (Å²) in [6.45, 7) is 3.12. The number of esters is 1. The molecule has 0 aromatic rings. The van der Waals surface area contributed by atoms with Gasteiger partial charge in [0, 0.05) is 19.6 Å². The van der Waals surface area contributed by atoms with E-state index in [2.05, 4.69) is 9.46 Å². The fourth-order valence-electron chi connectivity index (χ4n) is 1.94. The third-order valence-electron chi connectivity index (χ3n) is 3.60. The van der Waals surface area contributed by atoms with Crippen molar-refractivity contribution in [1.82, 2.24) is 9.03 Å². The van der Waals surface area contributed by atoms with Gasteiger partial charge in [0.25, 0.3) is 10.2 Å². The highest BCUT2D eigenvalue weighted by molar-refractivity contribution is 7.87. The molecule has 0 spiro atoms. The first kappa shape index (κ1) is 17.9. The zero-order valence-electron chi connectivity index (χ0n) is 12.5. The van der Waals surface area contributed by atoms with E-state index in [0.29, 0.717) is 12.8 Å². The Morgan fingerprint density at radius 1 is 1.33 bits per heavy atom. The number of hydrogen-bond acceptors (Lipinski definition) is 5. The summed E-state index contributed by atoms with van der Waals surface area (Å²) < 4.78 is 32.4. The lowest BCUT2D eigenvalue weighted by molar-refractivity contribution is -0.147.